The minimum Gasteiger partial charge on any atom is -0.390 e. The van der Waals surface area contributed by atoms with Crippen molar-refractivity contribution in [1.29, 1.82) is 0 Å². The van der Waals surface area contributed by atoms with Gasteiger partial charge in [0.05, 0.1) is 10.9 Å². The molecule has 3 aromatic rings. The predicted octanol–water partition coefficient (Wildman–Crippen LogP) is 4.85. The van der Waals surface area contributed by atoms with Gasteiger partial charge in [0.25, 0.3) is 0 Å². The Hall–Kier alpha value is -3.03. The molecular formula is C23H26F3N5. The third kappa shape index (κ3) is 4.84. The van der Waals surface area contributed by atoms with Crippen LogP contribution in [0, 0.1) is 12.3 Å². The number of halogens is 3. The summed E-state index contributed by atoms with van der Waals surface area (Å²) in [7, 11) is 0. The Morgan fingerprint density at radius 2 is 1.97 bits per heavy atom. The van der Waals surface area contributed by atoms with Crippen LogP contribution in [0.4, 0.5) is 19.0 Å². The summed E-state index contributed by atoms with van der Waals surface area (Å²) in [6.45, 7) is 7.93. The van der Waals surface area contributed by atoms with Crippen LogP contribution in [0.3, 0.4) is 0 Å². The average Bonchev–Trinajstić information content (AvgIpc) is 3.35. The summed E-state index contributed by atoms with van der Waals surface area (Å²) >= 11 is 0. The summed E-state index contributed by atoms with van der Waals surface area (Å²) in [5.41, 5.74) is 2.18. The fourth-order valence-electron chi connectivity index (χ4n) is 4.09. The SMILES string of the molecule is C=CNCCN(CC1(Cc2ccc(C(F)(F)F)cc2)CC1)c1ncnc2[nH]c(C)cc12. The molecule has 5 nitrogen and oxygen atoms in total. The number of nitrogens with one attached hydrogen (secondary N) is 2. The van der Waals surface area contributed by atoms with Crippen LogP contribution in [-0.4, -0.2) is 34.6 Å². The van der Waals surface area contributed by atoms with Gasteiger partial charge in [0.1, 0.15) is 17.8 Å². The summed E-state index contributed by atoms with van der Waals surface area (Å²) in [5, 5.41) is 4.12. The fourth-order valence-corrected chi connectivity index (χ4v) is 4.09. The van der Waals surface area contributed by atoms with Crippen molar-refractivity contribution in [3.05, 3.63) is 66.3 Å². The Morgan fingerprint density at radius 1 is 1.23 bits per heavy atom. The lowest BCUT2D eigenvalue weighted by atomic mass is 9.95. The maximum atomic E-state index is 12.9. The van der Waals surface area contributed by atoms with Crippen molar-refractivity contribution in [1.82, 2.24) is 20.3 Å². The Labute approximate surface area is 179 Å². The molecule has 2 N–H and O–H groups in total. The highest BCUT2D eigenvalue weighted by atomic mass is 19.4. The summed E-state index contributed by atoms with van der Waals surface area (Å²) in [5.74, 6) is 0.874. The van der Waals surface area contributed by atoms with Crippen LogP contribution in [0.15, 0.2) is 49.4 Å². The maximum Gasteiger partial charge on any atom is 0.416 e. The molecule has 2 heterocycles. The van der Waals surface area contributed by atoms with Crippen molar-refractivity contribution in [3.63, 3.8) is 0 Å². The van der Waals surface area contributed by atoms with Gasteiger partial charge in [-0.2, -0.15) is 13.2 Å². The van der Waals surface area contributed by atoms with E-state index in [2.05, 4.69) is 31.7 Å². The van der Waals surface area contributed by atoms with E-state index in [1.807, 2.05) is 13.0 Å². The molecule has 2 aromatic heterocycles. The van der Waals surface area contributed by atoms with Crippen LogP contribution in [0.25, 0.3) is 11.0 Å². The Bertz CT molecular complexity index is 1050. The number of benzene rings is 1. The van der Waals surface area contributed by atoms with Gasteiger partial charge in [0.2, 0.25) is 0 Å². The second-order valence-electron chi connectivity index (χ2n) is 8.36. The number of rotatable bonds is 9. The number of aryl methyl sites for hydroxylation is 1. The lowest BCUT2D eigenvalue weighted by molar-refractivity contribution is -0.137. The van der Waals surface area contributed by atoms with Gasteiger partial charge in [0, 0.05) is 25.3 Å². The molecule has 31 heavy (non-hydrogen) atoms. The van der Waals surface area contributed by atoms with E-state index in [1.54, 1.807) is 24.7 Å². The van der Waals surface area contributed by atoms with Gasteiger partial charge in [-0.1, -0.05) is 18.7 Å². The number of nitrogens with zero attached hydrogens (tertiary/aromatic N) is 3. The number of aromatic amines is 1. The monoisotopic (exact) mass is 429 g/mol. The number of H-pyrrole nitrogens is 1. The van der Waals surface area contributed by atoms with Crippen LogP contribution in [-0.2, 0) is 12.6 Å². The van der Waals surface area contributed by atoms with Crippen LogP contribution >= 0.6 is 0 Å². The highest BCUT2D eigenvalue weighted by Gasteiger charge is 2.44. The number of fused-ring (bicyclic) bond motifs is 1. The molecule has 0 radical (unpaired) electrons. The normalized spacial score (nSPS) is 15.1. The number of alkyl halides is 3. The summed E-state index contributed by atoms with van der Waals surface area (Å²) in [4.78, 5) is 14.4. The lowest BCUT2D eigenvalue weighted by Crippen LogP contribution is -2.36. The van der Waals surface area contributed by atoms with Crippen molar-refractivity contribution in [3.8, 4) is 0 Å². The molecule has 0 spiro atoms. The zero-order chi connectivity index (χ0) is 22.1. The standard InChI is InChI=1S/C23H26F3N5/c1-3-27-10-11-31(21-19-12-16(2)30-20(19)28-15-29-21)14-22(8-9-22)13-17-4-6-18(7-5-17)23(24,25)26/h3-7,12,15,27H,1,8-11,13-14H2,2H3,(H,28,29,30). The van der Waals surface area contributed by atoms with E-state index >= 15 is 0 Å². The molecule has 0 atom stereocenters. The van der Waals surface area contributed by atoms with Gasteiger partial charge < -0.3 is 15.2 Å². The number of anilines is 1. The van der Waals surface area contributed by atoms with Gasteiger partial charge >= 0.3 is 6.18 Å². The molecule has 0 amide bonds. The van der Waals surface area contributed by atoms with E-state index in [4.69, 9.17) is 0 Å². The largest absolute Gasteiger partial charge is 0.416 e. The van der Waals surface area contributed by atoms with E-state index in [0.717, 1.165) is 67.0 Å². The smallest absolute Gasteiger partial charge is 0.390 e. The van der Waals surface area contributed by atoms with E-state index < -0.39 is 11.7 Å². The minimum absolute atomic E-state index is 0.0382. The highest BCUT2D eigenvalue weighted by Crippen LogP contribution is 2.49. The Balaban J connectivity index is 1.55. The molecule has 8 heteroatoms. The fraction of sp³-hybridized carbons (Fsp3) is 0.391. The first-order chi connectivity index (χ1) is 14.8. The van der Waals surface area contributed by atoms with E-state index in [0.29, 0.717) is 0 Å². The molecule has 1 aromatic carbocycles. The third-order valence-corrected chi connectivity index (χ3v) is 5.85. The molecule has 0 aliphatic heterocycles. The first-order valence-corrected chi connectivity index (χ1v) is 10.4. The maximum absolute atomic E-state index is 12.9. The van der Waals surface area contributed by atoms with Crippen LogP contribution in [0.5, 0.6) is 0 Å². The number of aromatic nitrogens is 3. The average molecular weight is 429 g/mol. The second-order valence-corrected chi connectivity index (χ2v) is 8.36. The summed E-state index contributed by atoms with van der Waals surface area (Å²) in [6, 6.07) is 7.60. The van der Waals surface area contributed by atoms with E-state index in [1.165, 1.54) is 12.1 Å². The number of hydrogen-bond donors (Lipinski definition) is 2. The third-order valence-electron chi connectivity index (χ3n) is 5.85. The topological polar surface area (TPSA) is 56.8 Å². The van der Waals surface area contributed by atoms with Crippen molar-refractivity contribution >= 4 is 16.9 Å². The molecule has 1 aliphatic rings. The lowest BCUT2D eigenvalue weighted by Gasteiger charge is -2.29. The number of hydrogen-bond acceptors (Lipinski definition) is 4. The first-order valence-electron chi connectivity index (χ1n) is 10.4. The van der Waals surface area contributed by atoms with Crippen molar-refractivity contribution in [2.75, 3.05) is 24.5 Å². The second kappa shape index (κ2) is 8.24. The van der Waals surface area contributed by atoms with Crippen molar-refractivity contribution in [2.24, 2.45) is 5.41 Å². The minimum atomic E-state index is -4.31. The quantitative estimate of drug-likeness (QED) is 0.478. The van der Waals surface area contributed by atoms with Gasteiger partial charge in [-0.05, 0) is 61.6 Å². The molecule has 1 aliphatic carbocycles. The molecule has 0 saturated heterocycles. The van der Waals surface area contributed by atoms with Crippen molar-refractivity contribution in [2.45, 2.75) is 32.4 Å². The summed E-state index contributed by atoms with van der Waals surface area (Å²) in [6.07, 6.45) is 1.76. The van der Waals surface area contributed by atoms with Gasteiger partial charge in [-0.3, -0.25) is 0 Å². The van der Waals surface area contributed by atoms with Gasteiger partial charge in [0.15, 0.2) is 0 Å². The van der Waals surface area contributed by atoms with Crippen LogP contribution in [0.2, 0.25) is 0 Å². The summed E-state index contributed by atoms with van der Waals surface area (Å²) < 4.78 is 38.6. The molecule has 164 valence electrons. The van der Waals surface area contributed by atoms with Crippen molar-refractivity contribution < 1.29 is 13.2 Å². The molecule has 1 fully saturated rings. The highest BCUT2D eigenvalue weighted by molar-refractivity contribution is 5.88. The van der Waals surface area contributed by atoms with Gasteiger partial charge in [-0.25, -0.2) is 9.97 Å². The van der Waals surface area contributed by atoms with Crippen LogP contribution in [0.1, 0.15) is 29.7 Å². The molecule has 0 unspecified atom stereocenters. The zero-order valence-electron chi connectivity index (χ0n) is 17.5. The molecule has 1 saturated carbocycles. The predicted molar refractivity (Wildman–Crippen MR) is 116 cm³/mol. The zero-order valence-corrected chi connectivity index (χ0v) is 17.5. The molecular weight excluding hydrogens is 403 g/mol. The van der Waals surface area contributed by atoms with Gasteiger partial charge in [-0.15, -0.1) is 0 Å². The Morgan fingerprint density at radius 3 is 2.61 bits per heavy atom. The van der Waals surface area contributed by atoms with Crippen LogP contribution < -0.4 is 10.2 Å². The Kier molecular flexibility index (Phi) is 5.64. The molecule has 4 rings (SSSR count). The van der Waals surface area contributed by atoms with E-state index in [-0.39, 0.29) is 5.41 Å². The first kappa shape index (κ1) is 21.2. The molecule has 0 bridgehead atoms. The van der Waals surface area contributed by atoms with E-state index in [9.17, 15) is 13.2 Å².